The predicted molar refractivity (Wildman–Crippen MR) is 85.8 cm³/mol. The Morgan fingerprint density at radius 3 is 2.83 bits per heavy atom. The number of hydrogen-bond acceptors (Lipinski definition) is 6. The lowest BCUT2D eigenvalue weighted by Gasteiger charge is -2.07. The second-order valence-electron chi connectivity index (χ2n) is 5.04. The highest BCUT2D eigenvalue weighted by atomic mass is 32.1. The summed E-state index contributed by atoms with van der Waals surface area (Å²) < 4.78 is 1.52. The Bertz CT molecular complexity index is 898. The van der Waals surface area contributed by atoms with Crippen molar-refractivity contribution < 1.29 is 9.59 Å². The summed E-state index contributed by atoms with van der Waals surface area (Å²) in [6.45, 7) is 1.73. The summed E-state index contributed by atoms with van der Waals surface area (Å²) in [6.07, 6.45) is 3.26. The molecule has 0 aliphatic carbocycles. The van der Waals surface area contributed by atoms with Crippen LogP contribution in [0.4, 0.5) is 5.13 Å². The number of fused-ring (bicyclic) bond motifs is 1. The van der Waals surface area contributed by atoms with Crippen molar-refractivity contribution in [3.8, 4) is 0 Å². The summed E-state index contributed by atoms with van der Waals surface area (Å²) in [5.74, 6) is -0.531. The minimum atomic E-state index is -0.391. The average molecular weight is 330 g/mol. The first-order valence-corrected chi connectivity index (χ1v) is 7.58. The van der Waals surface area contributed by atoms with Gasteiger partial charge in [0.2, 0.25) is 0 Å². The molecule has 0 saturated carbocycles. The van der Waals surface area contributed by atoms with E-state index >= 15 is 0 Å². The Hall–Kier alpha value is -2.81. The highest BCUT2D eigenvalue weighted by Gasteiger charge is 2.19. The van der Waals surface area contributed by atoms with Crippen LogP contribution < -0.4 is 5.32 Å². The molecule has 3 rings (SSSR count). The lowest BCUT2D eigenvalue weighted by Crippen LogP contribution is -2.21. The SMILES string of the molecule is Cc1nc(NC(=O)c2ccc3nccn3n2)sc1C(=O)N(C)C. The molecular formula is C14H14N6O2S. The van der Waals surface area contributed by atoms with Crippen LogP contribution in [0.3, 0.4) is 0 Å². The maximum Gasteiger partial charge on any atom is 0.277 e. The molecule has 2 amide bonds. The predicted octanol–water partition coefficient (Wildman–Crippen LogP) is 1.45. The number of rotatable bonds is 3. The number of imidazole rings is 1. The fourth-order valence-electron chi connectivity index (χ4n) is 1.95. The zero-order chi connectivity index (χ0) is 16.6. The number of amides is 2. The lowest BCUT2D eigenvalue weighted by molar-refractivity contribution is 0.0831. The summed E-state index contributed by atoms with van der Waals surface area (Å²) in [4.78, 5) is 34.6. The minimum absolute atomic E-state index is 0.140. The zero-order valence-electron chi connectivity index (χ0n) is 12.8. The molecule has 0 radical (unpaired) electrons. The van der Waals surface area contributed by atoms with Gasteiger partial charge in [0.1, 0.15) is 10.6 Å². The van der Waals surface area contributed by atoms with Gasteiger partial charge in [-0.3, -0.25) is 14.9 Å². The number of anilines is 1. The normalized spacial score (nSPS) is 10.7. The second kappa shape index (κ2) is 5.76. The molecule has 3 heterocycles. The van der Waals surface area contributed by atoms with Gasteiger partial charge in [-0.05, 0) is 19.1 Å². The number of thiazole rings is 1. The van der Waals surface area contributed by atoms with Crippen molar-refractivity contribution in [2.45, 2.75) is 6.92 Å². The molecule has 0 aromatic carbocycles. The number of aryl methyl sites for hydroxylation is 1. The topological polar surface area (TPSA) is 92.5 Å². The van der Waals surface area contributed by atoms with Gasteiger partial charge in [-0.15, -0.1) is 0 Å². The molecule has 3 aromatic rings. The van der Waals surface area contributed by atoms with E-state index in [0.29, 0.717) is 21.3 Å². The molecule has 118 valence electrons. The van der Waals surface area contributed by atoms with E-state index in [1.807, 2.05) is 0 Å². The summed E-state index contributed by atoms with van der Waals surface area (Å²) in [5, 5.41) is 7.21. The molecule has 9 heteroatoms. The number of carbonyl (C=O) groups excluding carboxylic acids is 2. The maximum atomic E-state index is 12.3. The second-order valence-corrected chi connectivity index (χ2v) is 6.03. The molecule has 0 saturated heterocycles. The summed E-state index contributed by atoms with van der Waals surface area (Å²) in [6, 6.07) is 3.29. The van der Waals surface area contributed by atoms with Gasteiger partial charge in [-0.25, -0.2) is 14.5 Å². The third-order valence-corrected chi connectivity index (χ3v) is 4.17. The van der Waals surface area contributed by atoms with Crippen LogP contribution in [0.25, 0.3) is 5.65 Å². The third kappa shape index (κ3) is 2.90. The van der Waals surface area contributed by atoms with E-state index in [2.05, 4.69) is 20.4 Å². The van der Waals surface area contributed by atoms with Crippen molar-refractivity contribution in [2.75, 3.05) is 19.4 Å². The molecule has 1 N–H and O–H groups in total. The van der Waals surface area contributed by atoms with E-state index in [9.17, 15) is 9.59 Å². The smallest absolute Gasteiger partial charge is 0.277 e. The van der Waals surface area contributed by atoms with Crippen LogP contribution >= 0.6 is 11.3 Å². The molecule has 23 heavy (non-hydrogen) atoms. The zero-order valence-corrected chi connectivity index (χ0v) is 13.6. The van der Waals surface area contributed by atoms with E-state index in [-0.39, 0.29) is 11.6 Å². The van der Waals surface area contributed by atoms with Gasteiger partial charge in [0, 0.05) is 26.5 Å². The van der Waals surface area contributed by atoms with Gasteiger partial charge >= 0.3 is 0 Å². The van der Waals surface area contributed by atoms with Crippen LogP contribution in [0.5, 0.6) is 0 Å². The summed E-state index contributed by atoms with van der Waals surface area (Å²) in [5.41, 5.74) is 1.48. The largest absolute Gasteiger partial charge is 0.344 e. The first-order valence-electron chi connectivity index (χ1n) is 6.76. The highest BCUT2D eigenvalue weighted by Crippen LogP contribution is 2.23. The Labute approximate surface area is 135 Å². The molecule has 0 aliphatic heterocycles. The first-order chi connectivity index (χ1) is 11.0. The molecule has 0 unspecified atom stereocenters. The highest BCUT2D eigenvalue weighted by molar-refractivity contribution is 7.17. The van der Waals surface area contributed by atoms with Crippen molar-refractivity contribution in [2.24, 2.45) is 0 Å². The molecule has 0 fully saturated rings. The molecule has 0 bridgehead atoms. The number of nitrogens with one attached hydrogen (secondary N) is 1. The fourth-order valence-corrected chi connectivity index (χ4v) is 2.93. The van der Waals surface area contributed by atoms with E-state index in [0.717, 1.165) is 11.3 Å². The van der Waals surface area contributed by atoms with Gasteiger partial charge in [0.25, 0.3) is 11.8 Å². The first kappa shape index (κ1) is 15.1. The van der Waals surface area contributed by atoms with E-state index in [4.69, 9.17) is 0 Å². The summed E-state index contributed by atoms with van der Waals surface area (Å²) in [7, 11) is 3.34. The van der Waals surface area contributed by atoms with Crippen molar-refractivity contribution in [1.29, 1.82) is 0 Å². The van der Waals surface area contributed by atoms with Crippen LogP contribution in [0.1, 0.15) is 25.9 Å². The monoisotopic (exact) mass is 330 g/mol. The van der Waals surface area contributed by atoms with E-state index < -0.39 is 5.91 Å². The Morgan fingerprint density at radius 2 is 2.09 bits per heavy atom. The van der Waals surface area contributed by atoms with Crippen LogP contribution in [0, 0.1) is 6.92 Å². The number of carbonyl (C=O) groups is 2. The minimum Gasteiger partial charge on any atom is -0.344 e. The summed E-state index contributed by atoms with van der Waals surface area (Å²) >= 11 is 1.14. The average Bonchev–Trinajstić information content (AvgIpc) is 3.11. The van der Waals surface area contributed by atoms with Gasteiger partial charge in [0.15, 0.2) is 10.8 Å². The molecule has 3 aromatic heterocycles. The Morgan fingerprint density at radius 1 is 1.30 bits per heavy atom. The van der Waals surface area contributed by atoms with Crippen molar-refractivity contribution >= 4 is 33.9 Å². The van der Waals surface area contributed by atoms with Crippen LogP contribution in [-0.4, -0.2) is 50.4 Å². The van der Waals surface area contributed by atoms with Gasteiger partial charge < -0.3 is 4.90 Å². The van der Waals surface area contributed by atoms with Crippen LogP contribution in [-0.2, 0) is 0 Å². The molecule has 0 spiro atoms. The van der Waals surface area contributed by atoms with Gasteiger partial charge in [0.05, 0.1) is 5.69 Å². The van der Waals surface area contributed by atoms with Crippen molar-refractivity contribution in [3.05, 3.63) is 40.8 Å². The van der Waals surface area contributed by atoms with Crippen LogP contribution in [0.15, 0.2) is 24.5 Å². The Kier molecular flexibility index (Phi) is 3.78. The lowest BCUT2D eigenvalue weighted by atomic mass is 10.3. The molecule has 0 aliphatic rings. The molecular weight excluding hydrogens is 316 g/mol. The standard InChI is InChI=1S/C14H14N6O2S/c1-8-11(13(22)19(2)3)23-14(16-8)17-12(21)9-4-5-10-15-6-7-20(10)18-9/h4-7H,1-3H3,(H,16,17,21). The van der Waals surface area contributed by atoms with Gasteiger partial charge in [-0.1, -0.05) is 11.3 Å². The quantitative estimate of drug-likeness (QED) is 0.784. The van der Waals surface area contributed by atoms with Gasteiger partial charge in [-0.2, -0.15) is 5.10 Å². The van der Waals surface area contributed by atoms with Crippen molar-refractivity contribution in [3.63, 3.8) is 0 Å². The number of hydrogen-bond donors (Lipinski definition) is 1. The van der Waals surface area contributed by atoms with Crippen molar-refractivity contribution in [1.82, 2.24) is 24.5 Å². The van der Waals surface area contributed by atoms with E-state index in [1.165, 1.54) is 9.42 Å². The number of aromatic nitrogens is 4. The van der Waals surface area contributed by atoms with E-state index in [1.54, 1.807) is 45.5 Å². The molecule has 8 nitrogen and oxygen atoms in total. The fraction of sp³-hybridized carbons (Fsp3) is 0.214. The Balaban J connectivity index is 1.82. The number of nitrogens with zero attached hydrogens (tertiary/aromatic N) is 5. The van der Waals surface area contributed by atoms with Crippen LogP contribution in [0.2, 0.25) is 0 Å². The third-order valence-electron chi connectivity index (χ3n) is 3.11. The maximum absolute atomic E-state index is 12.3. The molecule has 0 atom stereocenters.